The molecule has 72 heavy (non-hydrogen) atoms. The second kappa shape index (κ2) is 33.8. The van der Waals surface area contributed by atoms with Gasteiger partial charge in [-0.05, 0) is 127 Å². The van der Waals surface area contributed by atoms with Gasteiger partial charge in [0.05, 0.1) is 34.6 Å². The number of carbonyl (C=O) groups excluding carboxylic acids is 4. The summed E-state index contributed by atoms with van der Waals surface area (Å²) >= 11 is 4.90. The highest BCUT2D eigenvalue weighted by Crippen LogP contribution is 2.18. The molecule has 1 aromatic carbocycles. The van der Waals surface area contributed by atoms with Crippen molar-refractivity contribution in [2.45, 2.75) is 105 Å². The Morgan fingerprint density at radius 3 is 1.33 bits per heavy atom. The average Bonchev–Trinajstić information content (AvgIpc) is 3.31. The quantitative estimate of drug-likeness (QED) is 0.0628. The van der Waals surface area contributed by atoms with E-state index in [1.165, 1.54) is 25.3 Å². The van der Waals surface area contributed by atoms with E-state index in [0.717, 1.165) is 28.0 Å². The summed E-state index contributed by atoms with van der Waals surface area (Å²) in [6.45, 7) is 17.8. The summed E-state index contributed by atoms with van der Waals surface area (Å²) in [5, 5.41) is 24.9. The highest BCUT2D eigenvalue weighted by Gasteiger charge is 2.18. The molecular formula is C49H70ClN10O12-. The molecule has 3 aromatic heterocycles. The van der Waals surface area contributed by atoms with E-state index in [4.69, 9.17) is 61.0 Å². The Morgan fingerprint density at radius 1 is 0.597 bits per heavy atom. The van der Waals surface area contributed by atoms with E-state index >= 15 is 0 Å². The summed E-state index contributed by atoms with van der Waals surface area (Å²) in [5.74, 6) is 2.29. The van der Waals surface area contributed by atoms with Gasteiger partial charge in [0.2, 0.25) is 0 Å². The Balaban J connectivity index is 0. The van der Waals surface area contributed by atoms with E-state index in [0.29, 0.717) is 36.9 Å². The van der Waals surface area contributed by atoms with Crippen molar-refractivity contribution in [2.24, 2.45) is 5.73 Å². The number of amides is 4. The topological polar surface area (TPSA) is 314 Å². The highest BCUT2D eigenvalue weighted by molar-refractivity contribution is 6.62. The second-order valence-corrected chi connectivity index (χ2v) is 17.8. The SMILES string of the molecule is CN(C)C(=O)Cl.COc1cc(CN)cnc1C#N.COc1cc(CNC(=O)OC(C)(C)C)cnc1C#N.COc1cccc(CNC(=O)OC(C)(C)C)c1.COc1cncc(CNC(=O)OC(C)(C)C)c1.[OH-]. The number of carbonyl (C=O) groups is 4. The van der Waals surface area contributed by atoms with E-state index in [2.05, 4.69) is 30.9 Å². The van der Waals surface area contributed by atoms with Crippen LogP contribution >= 0.6 is 11.6 Å². The Kier molecular flexibility index (Phi) is 31.2. The van der Waals surface area contributed by atoms with Gasteiger partial charge < -0.3 is 65.2 Å². The Hall–Kier alpha value is -7.66. The van der Waals surface area contributed by atoms with E-state index in [1.807, 2.05) is 84.0 Å². The molecule has 0 saturated carbocycles. The van der Waals surface area contributed by atoms with Crippen LogP contribution in [-0.2, 0) is 40.4 Å². The third-order valence-electron chi connectivity index (χ3n) is 7.70. The fraction of sp³-hybridized carbons (Fsp3) is 0.449. The molecule has 6 N–H and O–H groups in total. The molecule has 22 nitrogen and oxygen atoms in total. The summed E-state index contributed by atoms with van der Waals surface area (Å²) in [6.07, 6.45) is 4.99. The van der Waals surface area contributed by atoms with Gasteiger partial charge in [-0.25, -0.2) is 24.4 Å². The minimum Gasteiger partial charge on any atom is -0.870 e. The minimum atomic E-state index is -0.537. The molecule has 23 heteroatoms. The van der Waals surface area contributed by atoms with Gasteiger partial charge in [0.25, 0.3) is 0 Å². The van der Waals surface area contributed by atoms with Gasteiger partial charge in [-0.1, -0.05) is 12.1 Å². The number of nitrogens with two attached hydrogens (primary N) is 1. The number of aromatic nitrogens is 3. The molecule has 0 aliphatic heterocycles. The predicted molar refractivity (Wildman–Crippen MR) is 269 cm³/mol. The number of halogens is 1. The molecule has 0 fully saturated rings. The lowest BCUT2D eigenvalue weighted by Crippen LogP contribution is -2.32. The molecule has 0 spiro atoms. The third kappa shape index (κ3) is 31.5. The van der Waals surface area contributed by atoms with Crippen LogP contribution in [-0.4, -0.2) is 108 Å². The fourth-order valence-corrected chi connectivity index (χ4v) is 4.58. The molecule has 396 valence electrons. The maximum Gasteiger partial charge on any atom is 0.407 e. The molecule has 0 aliphatic rings. The predicted octanol–water partition coefficient (Wildman–Crippen LogP) is 7.97. The zero-order valence-electron chi connectivity index (χ0n) is 43.8. The lowest BCUT2D eigenvalue weighted by atomic mass is 10.2. The maximum atomic E-state index is 11.5. The van der Waals surface area contributed by atoms with Crippen molar-refractivity contribution in [3.05, 3.63) is 101 Å². The number of methoxy groups -OCH3 is 4. The van der Waals surface area contributed by atoms with Crippen LogP contribution in [0.5, 0.6) is 23.0 Å². The fourth-order valence-electron chi connectivity index (χ4n) is 4.58. The van der Waals surface area contributed by atoms with Crippen LogP contribution in [0.25, 0.3) is 0 Å². The van der Waals surface area contributed by atoms with Crippen LogP contribution in [0, 0.1) is 22.7 Å². The zero-order chi connectivity index (χ0) is 54.4. The van der Waals surface area contributed by atoms with Crippen LogP contribution in [0.3, 0.4) is 0 Å². The molecule has 4 rings (SSSR count). The van der Waals surface area contributed by atoms with Crippen molar-refractivity contribution in [3.8, 4) is 35.1 Å². The van der Waals surface area contributed by atoms with Gasteiger partial charge in [-0.2, -0.15) is 10.5 Å². The van der Waals surface area contributed by atoms with Gasteiger partial charge in [-0.15, -0.1) is 0 Å². The number of pyridine rings is 3. The summed E-state index contributed by atoms with van der Waals surface area (Å²) < 4.78 is 35.5. The van der Waals surface area contributed by atoms with Crippen molar-refractivity contribution in [2.75, 3.05) is 42.5 Å². The molecule has 0 unspecified atom stereocenters. The number of alkyl carbamates (subject to hydrolysis) is 3. The maximum absolute atomic E-state index is 11.5. The first-order chi connectivity index (χ1) is 33.1. The number of hydrogen-bond donors (Lipinski definition) is 4. The second-order valence-electron chi connectivity index (χ2n) is 17.5. The first kappa shape index (κ1) is 66.4. The van der Waals surface area contributed by atoms with Crippen molar-refractivity contribution < 1.29 is 57.8 Å². The van der Waals surface area contributed by atoms with E-state index in [-0.39, 0.29) is 23.4 Å². The normalized spacial score (nSPS) is 10.0. The largest absolute Gasteiger partial charge is 0.870 e. The Morgan fingerprint density at radius 2 is 0.972 bits per heavy atom. The molecule has 0 saturated heterocycles. The minimum absolute atomic E-state index is 0. The van der Waals surface area contributed by atoms with Crippen molar-refractivity contribution >= 4 is 35.2 Å². The van der Waals surface area contributed by atoms with Gasteiger partial charge in [0.1, 0.15) is 40.4 Å². The lowest BCUT2D eigenvalue weighted by molar-refractivity contribution is 0.0512. The number of benzene rings is 1. The van der Waals surface area contributed by atoms with Gasteiger partial charge in [0, 0.05) is 58.9 Å². The first-order valence-corrected chi connectivity index (χ1v) is 21.9. The summed E-state index contributed by atoms with van der Waals surface area (Å²) in [5.41, 5.74) is 7.79. The zero-order valence-corrected chi connectivity index (χ0v) is 44.5. The molecule has 3 heterocycles. The number of nitrogens with zero attached hydrogens (tertiary/aromatic N) is 6. The highest BCUT2D eigenvalue weighted by atomic mass is 35.5. The molecule has 0 bridgehead atoms. The van der Waals surface area contributed by atoms with Gasteiger partial charge in [0.15, 0.2) is 22.9 Å². The van der Waals surface area contributed by atoms with Gasteiger partial charge in [-0.3, -0.25) is 9.78 Å². The van der Waals surface area contributed by atoms with Crippen LogP contribution < -0.4 is 40.6 Å². The van der Waals surface area contributed by atoms with Crippen LogP contribution in [0.4, 0.5) is 19.2 Å². The third-order valence-corrected chi connectivity index (χ3v) is 8.04. The molecular weight excluding hydrogens is 956 g/mol. The smallest absolute Gasteiger partial charge is 0.407 e. The lowest BCUT2D eigenvalue weighted by Gasteiger charge is -2.19. The van der Waals surface area contributed by atoms with E-state index in [9.17, 15) is 19.2 Å². The average molecular weight is 1030 g/mol. The summed E-state index contributed by atoms with van der Waals surface area (Å²) in [6, 6.07) is 16.5. The Labute approximate surface area is 427 Å². The monoisotopic (exact) mass is 1030 g/mol. The number of ether oxygens (including phenoxy) is 7. The molecule has 4 amide bonds. The van der Waals surface area contributed by atoms with Crippen molar-refractivity contribution in [1.29, 1.82) is 10.5 Å². The number of nitrogens with one attached hydrogen (secondary N) is 3. The number of hydrogen-bond acceptors (Lipinski definition) is 18. The van der Waals surface area contributed by atoms with Crippen LogP contribution in [0.1, 0.15) is 96.0 Å². The first-order valence-electron chi connectivity index (χ1n) is 21.6. The van der Waals surface area contributed by atoms with Crippen molar-refractivity contribution in [1.82, 2.24) is 35.8 Å². The number of nitriles is 2. The number of rotatable bonds is 11. The van der Waals surface area contributed by atoms with E-state index < -0.39 is 40.4 Å². The summed E-state index contributed by atoms with van der Waals surface area (Å²) in [7, 11) is 9.33. The van der Waals surface area contributed by atoms with Crippen molar-refractivity contribution in [3.63, 3.8) is 0 Å². The van der Waals surface area contributed by atoms with E-state index in [1.54, 1.807) is 79.8 Å². The molecule has 0 radical (unpaired) electrons. The standard InChI is InChI=1S/C13H17N3O3.C13H19NO3.C12H18N2O3.C8H9N3O.C3H6ClNO.H2O/c1-13(2,3)19-12(17)16-8-9-5-11(18-4)10(6-14)15-7-9;1-13(2,3)17-12(15)14-9-10-6-5-7-11(8-10)16-4;1-12(2,3)17-11(15)14-7-9-5-10(16-4)8-13-6-9;1-12-8-2-6(3-9)5-11-7(8)4-10;1-5(2)3(4)6;/h5,7H,8H2,1-4H3,(H,16,17);5-8H,9H2,1-4H3,(H,14,15);5-6,8H,7H2,1-4H3,(H,14,15);2,5H,3,9H2,1H3;1-2H3;1H2/p-1. The Bertz CT molecular complexity index is 2300. The van der Waals surface area contributed by atoms with Crippen LogP contribution in [0.2, 0.25) is 0 Å². The van der Waals surface area contributed by atoms with Gasteiger partial charge >= 0.3 is 23.6 Å². The summed E-state index contributed by atoms with van der Waals surface area (Å²) in [4.78, 5) is 57.2. The molecule has 4 aromatic rings. The molecule has 0 aliphatic carbocycles. The van der Waals surface area contributed by atoms with Crippen LogP contribution in [0.15, 0.2) is 67.3 Å². The molecule has 0 atom stereocenters.